The van der Waals surface area contributed by atoms with Gasteiger partial charge in [-0.15, -0.1) is 0 Å². The van der Waals surface area contributed by atoms with Gasteiger partial charge in [0, 0.05) is 24.9 Å². The Morgan fingerprint density at radius 3 is 2.94 bits per heavy atom. The van der Waals surface area contributed by atoms with E-state index in [1.54, 1.807) is 0 Å². The van der Waals surface area contributed by atoms with Crippen molar-refractivity contribution in [2.75, 3.05) is 6.54 Å². The van der Waals surface area contributed by atoms with E-state index in [9.17, 15) is 9.59 Å². The highest BCUT2D eigenvalue weighted by Gasteiger charge is 2.22. The van der Waals surface area contributed by atoms with E-state index in [1.807, 2.05) is 0 Å². The Morgan fingerprint density at radius 1 is 1.50 bits per heavy atom. The van der Waals surface area contributed by atoms with E-state index < -0.39 is 0 Å². The van der Waals surface area contributed by atoms with Gasteiger partial charge in [0.2, 0.25) is 11.8 Å². The molecule has 2 N–H and O–H groups in total. The fourth-order valence-corrected chi connectivity index (χ4v) is 2.39. The van der Waals surface area contributed by atoms with Crippen molar-refractivity contribution in [2.24, 2.45) is 5.92 Å². The number of amides is 2. The molecule has 0 aromatic rings. The first-order valence-electron chi connectivity index (χ1n) is 7.24. The van der Waals surface area contributed by atoms with E-state index in [4.69, 9.17) is 0 Å². The third kappa shape index (κ3) is 5.07. The maximum absolute atomic E-state index is 12.1. The summed E-state index contributed by atoms with van der Waals surface area (Å²) in [5, 5.41) is 5.88. The van der Waals surface area contributed by atoms with Crippen molar-refractivity contribution in [3.63, 3.8) is 0 Å². The maximum atomic E-state index is 12.1. The third-order valence-electron chi connectivity index (χ3n) is 3.60. The van der Waals surface area contributed by atoms with Crippen LogP contribution in [0, 0.1) is 5.92 Å². The van der Waals surface area contributed by atoms with Crippen LogP contribution in [0.1, 0.15) is 58.8 Å². The average Bonchev–Trinajstić information content (AvgIpc) is 2.54. The molecule has 104 valence electrons. The summed E-state index contributed by atoms with van der Waals surface area (Å²) in [6.07, 6.45) is 6.32. The molecule has 1 saturated heterocycles. The molecule has 0 saturated carbocycles. The van der Waals surface area contributed by atoms with Crippen LogP contribution in [0.2, 0.25) is 0 Å². The largest absolute Gasteiger partial charge is 0.356 e. The summed E-state index contributed by atoms with van der Waals surface area (Å²) in [5.41, 5.74) is 0. The summed E-state index contributed by atoms with van der Waals surface area (Å²) >= 11 is 0. The Kier molecular flexibility index (Phi) is 6.76. The molecule has 18 heavy (non-hydrogen) atoms. The smallest absolute Gasteiger partial charge is 0.223 e. The minimum absolute atomic E-state index is 0.0238. The summed E-state index contributed by atoms with van der Waals surface area (Å²) in [7, 11) is 0. The minimum Gasteiger partial charge on any atom is -0.356 e. The number of hydrogen-bond donors (Lipinski definition) is 2. The molecule has 0 unspecified atom stereocenters. The number of carbonyl (C=O) groups excluding carboxylic acids is 2. The van der Waals surface area contributed by atoms with Gasteiger partial charge in [-0.05, 0) is 25.7 Å². The van der Waals surface area contributed by atoms with E-state index in [1.165, 1.54) is 0 Å². The van der Waals surface area contributed by atoms with Gasteiger partial charge < -0.3 is 10.6 Å². The quantitative estimate of drug-likeness (QED) is 0.761. The zero-order valence-electron chi connectivity index (χ0n) is 11.6. The van der Waals surface area contributed by atoms with E-state index in [2.05, 4.69) is 24.5 Å². The monoisotopic (exact) mass is 254 g/mol. The number of nitrogens with one attached hydrogen (secondary N) is 2. The minimum atomic E-state index is 0.0238. The van der Waals surface area contributed by atoms with Crippen molar-refractivity contribution >= 4 is 11.8 Å². The molecule has 0 aromatic carbocycles. The molecular formula is C14H26N2O2. The second-order valence-corrected chi connectivity index (χ2v) is 5.15. The maximum Gasteiger partial charge on any atom is 0.223 e. The van der Waals surface area contributed by atoms with E-state index in [-0.39, 0.29) is 23.8 Å². The van der Waals surface area contributed by atoms with Gasteiger partial charge in [0.1, 0.15) is 0 Å². The Bertz CT molecular complexity index is 279. The summed E-state index contributed by atoms with van der Waals surface area (Å²) in [6, 6.07) is 0.0238. The molecule has 1 rings (SSSR count). The van der Waals surface area contributed by atoms with Crippen LogP contribution in [-0.2, 0) is 9.59 Å². The van der Waals surface area contributed by atoms with Crippen LogP contribution in [0.15, 0.2) is 0 Å². The number of rotatable bonds is 6. The summed E-state index contributed by atoms with van der Waals surface area (Å²) in [5.74, 6) is 0.293. The second-order valence-electron chi connectivity index (χ2n) is 5.15. The molecule has 0 radical (unpaired) electrons. The third-order valence-corrected chi connectivity index (χ3v) is 3.60. The van der Waals surface area contributed by atoms with Crippen LogP contribution < -0.4 is 10.6 Å². The molecular weight excluding hydrogens is 228 g/mol. The van der Waals surface area contributed by atoms with Gasteiger partial charge in [-0.1, -0.05) is 26.7 Å². The normalized spacial score (nSPS) is 21.9. The van der Waals surface area contributed by atoms with Crippen LogP contribution in [0.3, 0.4) is 0 Å². The lowest BCUT2D eigenvalue weighted by atomic mass is 9.97. The molecule has 1 heterocycles. The fourth-order valence-electron chi connectivity index (χ4n) is 2.39. The van der Waals surface area contributed by atoms with Gasteiger partial charge >= 0.3 is 0 Å². The van der Waals surface area contributed by atoms with Crippen molar-refractivity contribution in [3.05, 3.63) is 0 Å². The van der Waals surface area contributed by atoms with Gasteiger partial charge in [-0.2, -0.15) is 0 Å². The summed E-state index contributed by atoms with van der Waals surface area (Å²) in [6.45, 7) is 4.93. The molecule has 0 bridgehead atoms. The molecule has 1 aliphatic rings. The highest BCUT2D eigenvalue weighted by molar-refractivity contribution is 5.81. The van der Waals surface area contributed by atoms with Crippen LogP contribution in [0.4, 0.5) is 0 Å². The van der Waals surface area contributed by atoms with E-state index in [0.717, 1.165) is 45.1 Å². The SMILES string of the molecule is CCCC[C@H](CC)C(=O)N[C@H]1CCCNC(=O)C1. The molecule has 1 fully saturated rings. The van der Waals surface area contributed by atoms with Gasteiger partial charge in [0.15, 0.2) is 0 Å². The predicted octanol–water partition coefficient (Wildman–Crippen LogP) is 1.99. The Morgan fingerprint density at radius 2 is 2.28 bits per heavy atom. The zero-order valence-corrected chi connectivity index (χ0v) is 11.6. The van der Waals surface area contributed by atoms with Gasteiger partial charge in [-0.3, -0.25) is 9.59 Å². The summed E-state index contributed by atoms with van der Waals surface area (Å²) < 4.78 is 0. The van der Waals surface area contributed by atoms with Crippen molar-refractivity contribution < 1.29 is 9.59 Å². The lowest BCUT2D eigenvalue weighted by molar-refractivity contribution is -0.126. The number of carbonyl (C=O) groups is 2. The molecule has 0 aliphatic carbocycles. The summed E-state index contributed by atoms with van der Waals surface area (Å²) in [4.78, 5) is 23.5. The van der Waals surface area contributed by atoms with E-state index in [0.29, 0.717) is 6.42 Å². The highest BCUT2D eigenvalue weighted by atomic mass is 16.2. The fraction of sp³-hybridized carbons (Fsp3) is 0.857. The zero-order chi connectivity index (χ0) is 13.4. The molecule has 4 nitrogen and oxygen atoms in total. The molecule has 4 heteroatoms. The first kappa shape index (κ1) is 15.0. The Labute approximate surface area is 110 Å². The number of unbranched alkanes of at least 4 members (excludes halogenated alkanes) is 1. The lowest BCUT2D eigenvalue weighted by Gasteiger charge is -2.20. The molecule has 2 amide bonds. The second kappa shape index (κ2) is 8.11. The lowest BCUT2D eigenvalue weighted by Crippen LogP contribution is -2.40. The Hall–Kier alpha value is -1.06. The highest BCUT2D eigenvalue weighted by Crippen LogP contribution is 2.14. The topological polar surface area (TPSA) is 58.2 Å². The predicted molar refractivity (Wildman–Crippen MR) is 72.1 cm³/mol. The first-order valence-corrected chi connectivity index (χ1v) is 7.24. The van der Waals surface area contributed by atoms with Gasteiger partial charge in [0.25, 0.3) is 0 Å². The van der Waals surface area contributed by atoms with E-state index >= 15 is 0 Å². The van der Waals surface area contributed by atoms with Gasteiger partial charge in [0.05, 0.1) is 0 Å². The van der Waals surface area contributed by atoms with Crippen LogP contribution >= 0.6 is 0 Å². The average molecular weight is 254 g/mol. The van der Waals surface area contributed by atoms with Crippen molar-refractivity contribution in [1.29, 1.82) is 0 Å². The van der Waals surface area contributed by atoms with Crippen LogP contribution in [-0.4, -0.2) is 24.4 Å². The Balaban J connectivity index is 2.43. The van der Waals surface area contributed by atoms with Crippen molar-refractivity contribution in [2.45, 2.75) is 64.8 Å². The first-order chi connectivity index (χ1) is 8.67. The van der Waals surface area contributed by atoms with Crippen molar-refractivity contribution in [3.8, 4) is 0 Å². The van der Waals surface area contributed by atoms with Crippen LogP contribution in [0.25, 0.3) is 0 Å². The van der Waals surface area contributed by atoms with Gasteiger partial charge in [-0.25, -0.2) is 0 Å². The standard InChI is InChI=1S/C14H26N2O2/c1-3-5-7-11(4-2)14(18)16-12-8-6-9-15-13(17)10-12/h11-12H,3-10H2,1-2H3,(H,15,17)(H,16,18)/t11-,12-/m0/s1. The number of hydrogen-bond acceptors (Lipinski definition) is 2. The van der Waals surface area contributed by atoms with Crippen molar-refractivity contribution in [1.82, 2.24) is 10.6 Å². The molecule has 0 aromatic heterocycles. The molecule has 0 spiro atoms. The molecule has 1 aliphatic heterocycles. The van der Waals surface area contributed by atoms with Crippen LogP contribution in [0.5, 0.6) is 0 Å². The molecule has 2 atom stereocenters.